The van der Waals surface area contributed by atoms with Gasteiger partial charge in [0.1, 0.15) is 16.7 Å². The maximum absolute atomic E-state index is 7.09. The summed E-state index contributed by atoms with van der Waals surface area (Å²) in [5, 5.41) is 4.49. The molecular weight excluding hydrogens is 1000 g/mol. The normalized spacial score (nSPS) is 23.1. The Morgan fingerprint density at radius 3 is 1.46 bits per heavy atom. The van der Waals surface area contributed by atoms with Crippen LogP contribution in [0.2, 0.25) is 0 Å². The topological polar surface area (TPSA) is 39.2 Å². The maximum Gasteiger partial charge on any atom is 0.252 e. The highest BCUT2D eigenvalue weighted by atomic mass is 16.3. The largest absolute Gasteiger partial charge is 0.456 e. The molecule has 2 saturated carbocycles. The molecule has 0 spiro atoms. The third kappa shape index (κ3) is 6.11. The molecule has 82 heavy (non-hydrogen) atoms. The zero-order valence-corrected chi connectivity index (χ0v) is 48.9. The van der Waals surface area contributed by atoms with Crippen molar-refractivity contribution >= 4 is 124 Å². The van der Waals surface area contributed by atoms with Gasteiger partial charge in [0.25, 0.3) is 6.71 Å². The summed E-state index contributed by atoms with van der Waals surface area (Å²) in [6, 6.07) is 60.6. The summed E-state index contributed by atoms with van der Waals surface area (Å²) in [5.41, 5.74) is 29.1. The molecule has 6 heterocycles. The van der Waals surface area contributed by atoms with E-state index in [1.165, 1.54) is 139 Å². The molecule has 17 rings (SSSR count). The number of benzene rings is 9. The Labute approximate surface area is 482 Å². The van der Waals surface area contributed by atoms with Gasteiger partial charge in [0.05, 0.1) is 16.8 Å². The summed E-state index contributed by atoms with van der Waals surface area (Å²) in [6.45, 7) is 21.8. The van der Waals surface area contributed by atoms with E-state index in [9.17, 15) is 0 Å². The Bertz CT molecular complexity index is 4620. The lowest BCUT2D eigenvalue weighted by molar-refractivity contribution is 0.194. The Kier molecular flexibility index (Phi) is 9.78. The van der Waals surface area contributed by atoms with E-state index >= 15 is 0 Å². The van der Waals surface area contributed by atoms with E-state index in [4.69, 9.17) is 8.83 Å². The van der Waals surface area contributed by atoms with Crippen LogP contribution < -0.4 is 36.0 Å². The molecular formula is C75H69BN4O2. The monoisotopic (exact) mass is 1070 g/mol. The number of nitrogens with zero attached hydrogens (tertiary/aromatic N) is 4. The van der Waals surface area contributed by atoms with E-state index in [1.807, 2.05) is 0 Å². The molecule has 0 N–H and O–H groups in total. The van der Waals surface area contributed by atoms with Crippen LogP contribution in [0.5, 0.6) is 0 Å². The average Bonchev–Trinajstić information content (AvgIpc) is 2.94. The van der Waals surface area contributed by atoms with Crippen LogP contribution >= 0.6 is 0 Å². The second-order valence-electron chi connectivity index (χ2n) is 26.6. The Morgan fingerprint density at radius 1 is 0.378 bits per heavy atom. The standard InChI is InChI=1S/C75H69BN4O2/c1-44-35-47(4)68-61(37-44)79(74(8)33-16-14-31-72(68,74)6)50-25-28-56-59(42-50)77(49-27-30-67-55(41-49)53-20-11-12-23-65(53)81-67)63-39-46(3)40-64-70(63)76(56)57-29-26-51(80-62-38-45(2)36-48(5)69(62)73(7)32-15-17-34-75(73,80)9)43-60(57)78(64)58-22-18-21-54-52-19-10-13-24-66(52)82-71(54)58/h10-13,18-30,35-43H,14-17,31-34H2,1-9H3. The van der Waals surface area contributed by atoms with E-state index in [0.717, 1.165) is 68.1 Å². The van der Waals surface area contributed by atoms with Gasteiger partial charge in [0, 0.05) is 83.6 Å². The molecule has 11 aromatic rings. The highest BCUT2D eigenvalue weighted by Crippen LogP contribution is 2.64. The maximum atomic E-state index is 7.09. The van der Waals surface area contributed by atoms with E-state index in [-0.39, 0.29) is 28.6 Å². The number of rotatable bonds is 4. The van der Waals surface area contributed by atoms with Gasteiger partial charge in [0.15, 0.2) is 5.58 Å². The first-order valence-corrected chi connectivity index (χ1v) is 30.4. The molecule has 2 fully saturated rings. The molecule has 2 aliphatic carbocycles. The second kappa shape index (κ2) is 16.5. The highest BCUT2D eigenvalue weighted by Gasteiger charge is 2.60. The first-order chi connectivity index (χ1) is 39.7. The lowest BCUT2D eigenvalue weighted by Gasteiger charge is -2.51. The summed E-state index contributed by atoms with van der Waals surface area (Å²) < 4.78 is 13.6. The lowest BCUT2D eigenvalue weighted by Crippen LogP contribution is -2.61. The quantitative estimate of drug-likeness (QED) is 0.164. The van der Waals surface area contributed by atoms with Crippen molar-refractivity contribution in [2.24, 2.45) is 0 Å². The molecule has 0 radical (unpaired) electrons. The van der Waals surface area contributed by atoms with Gasteiger partial charge in [-0.3, -0.25) is 0 Å². The first-order valence-electron chi connectivity index (χ1n) is 30.4. The van der Waals surface area contributed by atoms with Crippen LogP contribution in [0.15, 0.2) is 167 Å². The number of hydrogen-bond donors (Lipinski definition) is 0. The van der Waals surface area contributed by atoms with Gasteiger partial charge >= 0.3 is 0 Å². The Hall–Kier alpha value is -8.16. The van der Waals surface area contributed by atoms with E-state index in [2.05, 4.69) is 240 Å². The molecule has 7 heteroatoms. The van der Waals surface area contributed by atoms with Crippen molar-refractivity contribution in [3.05, 3.63) is 197 Å². The summed E-state index contributed by atoms with van der Waals surface area (Å²) in [6.07, 6.45) is 9.57. The van der Waals surface area contributed by atoms with Crippen LogP contribution in [-0.4, -0.2) is 17.8 Å². The zero-order valence-electron chi connectivity index (χ0n) is 48.9. The fraction of sp³-hybridized carbons (Fsp3) is 0.280. The van der Waals surface area contributed by atoms with E-state index in [1.54, 1.807) is 0 Å². The number of para-hydroxylation sites is 3. The van der Waals surface area contributed by atoms with Crippen molar-refractivity contribution < 1.29 is 8.83 Å². The minimum atomic E-state index is -0.119. The van der Waals surface area contributed by atoms with Gasteiger partial charge in [-0.2, -0.15) is 0 Å². The first kappa shape index (κ1) is 48.5. The average molecular weight is 1070 g/mol. The molecule has 0 bridgehead atoms. The molecule has 404 valence electrons. The van der Waals surface area contributed by atoms with Gasteiger partial charge in [-0.1, -0.05) is 112 Å². The minimum Gasteiger partial charge on any atom is -0.456 e. The summed E-state index contributed by atoms with van der Waals surface area (Å²) in [5.74, 6) is 0. The third-order valence-corrected chi connectivity index (χ3v) is 22.0. The fourth-order valence-electron chi connectivity index (χ4n) is 18.2. The van der Waals surface area contributed by atoms with Crippen LogP contribution in [0.3, 0.4) is 0 Å². The van der Waals surface area contributed by atoms with Crippen molar-refractivity contribution in [2.75, 3.05) is 19.6 Å². The number of hydrogen-bond acceptors (Lipinski definition) is 6. The van der Waals surface area contributed by atoms with Crippen molar-refractivity contribution in [3.63, 3.8) is 0 Å². The lowest BCUT2D eigenvalue weighted by atomic mass is 9.33. The highest BCUT2D eigenvalue weighted by molar-refractivity contribution is 7.00. The molecule has 6 nitrogen and oxygen atoms in total. The zero-order chi connectivity index (χ0) is 55.5. The predicted octanol–water partition coefficient (Wildman–Crippen LogP) is 18.6. The van der Waals surface area contributed by atoms with Gasteiger partial charge in [-0.05, 0) is 214 Å². The summed E-state index contributed by atoms with van der Waals surface area (Å²) in [4.78, 5) is 10.8. The molecule has 6 aliphatic rings. The van der Waals surface area contributed by atoms with Crippen molar-refractivity contribution in [2.45, 2.75) is 136 Å². The van der Waals surface area contributed by atoms with E-state index in [0.29, 0.717) is 0 Å². The second-order valence-corrected chi connectivity index (χ2v) is 26.6. The van der Waals surface area contributed by atoms with Gasteiger partial charge in [-0.15, -0.1) is 0 Å². The number of anilines is 10. The SMILES string of the molecule is Cc1cc2c3c(c1)N(c1cccc4c1oc1ccccc14)c1cc(N4c5cc(C)cc(C)c5C5(C)CCCCC45C)ccc1B3c1ccc(N3c4cc(C)cc(C)c4C4(C)CCCCC34C)cc1N2c1ccc2oc3ccccc3c2c1. The van der Waals surface area contributed by atoms with Gasteiger partial charge in [-0.25, -0.2) is 0 Å². The Balaban J connectivity index is 0.958. The van der Waals surface area contributed by atoms with Crippen molar-refractivity contribution in [1.82, 2.24) is 0 Å². The molecule has 0 saturated heterocycles. The van der Waals surface area contributed by atoms with Crippen LogP contribution in [0.4, 0.5) is 56.9 Å². The summed E-state index contributed by atoms with van der Waals surface area (Å²) >= 11 is 0. The van der Waals surface area contributed by atoms with Gasteiger partial charge < -0.3 is 28.4 Å². The van der Waals surface area contributed by atoms with Crippen molar-refractivity contribution in [3.8, 4) is 0 Å². The van der Waals surface area contributed by atoms with Crippen LogP contribution in [0.1, 0.15) is 118 Å². The third-order valence-electron chi connectivity index (χ3n) is 22.0. The smallest absolute Gasteiger partial charge is 0.252 e. The molecule has 4 atom stereocenters. The van der Waals surface area contributed by atoms with Crippen molar-refractivity contribution in [1.29, 1.82) is 0 Å². The van der Waals surface area contributed by atoms with Crippen LogP contribution in [0, 0.1) is 34.6 Å². The number of aryl methyl sites for hydroxylation is 5. The van der Waals surface area contributed by atoms with Crippen LogP contribution in [-0.2, 0) is 10.8 Å². The molecule has 0 amide bonds. The number of furan rings is 2. The summed E-state index contributed by atoms with van der Waals surface area (Å²) in [7, 11) is 0. The molecule has 4 unspecified atom stereocenters. The number of fused-ring (bicyclic) bond motifs is 16. The van der Waals surface area contributed by atoms with Crippen LogP contribution in [0.25, 0.3) is 43.9 Å². The molecule has 4 aliphatic heterocycles. The predicted molar refractivity (Wildman–Crippen MR) is 344 cm³/mol. The fourth-order valence-corrected chi connectivity index (χ4v) is 18.2. The Morgan fingerprint density at radius 2 is 0.854 bits per heavy atom. The van der Waals surface area contributed by atoms with Gasteiger partial charge in [0.2, 0.25) is 0 Å². The molecule has 9 aromatic carbocycles. The molecule has 2 aromatic heterocycles. The van der Waals surface area contributed by atoms with E-state index < -0.39 is 0 Å². The minimum absolute atomic E-state index is 0.00105.